The standard InChI is InChI=1S/C16H25F3N4O3S.HI/c1-4-20-15(23-12(2)7-8-27(3,24)25)22-10-13-5-6-14(21-9-13)26-11-16(17,18)19;/h5-6,9,12H,4,7-8,10-11H2,1-3H3,(H2,20,22,23);1H. The van der Waals surface area contributed by atoms with Gasteiger partial charge in [0.05, 0.1) is 12.3 Å². The molecule has 7 nitrogen and oxygen atoms in total. The quantitative estimate of drug-likeness (QED) is 0.285. The van der Waals surface area contributed by atoms with E-state index in [2.05, 4.69) is 25.3 Å². The van der Waals surface area contributed by atoms with Gasteiger partial charge in [-0.1, -0.05) is 6.07 Å². The largest absolute Gasteiger partial charge is 0.468 e. The maximum absolute atomic E-state index is 12.1. The van der Waals surface area contributed by atoms with Crippen LogP contribution in [0.5, 0.6) is 5.88 Å². The number of halogens is 4. The number of guanidine groups is 1. The highest BCUT2D eigenvalue weighted by Gasteiger charge is 2.28. The van der Waals surface area contributed by atoms with Gasteiger partial charge in [-0.2, -0.15) is 13.2 Å². The van der Waals surface area contributed by atoms with Crippen LogP contribution in [0.3, 0.4) is 0 Å². The molecule has 1 heterocycles. The van der Waals surface area contributed by atoms with E-state index in [0.29, 0.717) is 24.5 Å². The number of alkyl halides is 3. The van der Waals surface area contributed by atoms with E-state index in [-0.39, 0.29) is 48.2 Å². The van der Waals surface area contributed by atoms with Crippen LogP contribution in [0.25, 0.3) is 0 Å². The molecule has 1 unspecified atom stereocenters. The molecule has 0 amide bonds. The van der Waals surface area contributed by atoms with Crippen LogP contribution in [0, 0.1) is 0 Å². The molecule has 2 N–H and O–H groups in total. The molecule has 162 valence electrons. The first-order chi connectivity index (χ1) is 12.5. The minimum absolute atomic E-state index is 0. The van der Waals surface area contributed by atoms with Gasteiger partial charge in [-0.05, 0) is 25.8 Å². The second-order valence-corrected chi connectivity index (χ2v) is 8.33. The Morgan fingerprint density at radius 1 is 1.36 bits per heavy atom. The molecule has 1 aromatic heterocycles. The van der Waals surface area contributed by atoms with Crippen molar-refractivity contribution in [3.63, 3.8) is 0 Å². The zero-order valence-electron chi connectivity index (χ0n) is 15.9. The van der Waals surface area contributed by atoms with Gasteiger partial charge in [0.15, 0.2) is 12.6 Å². The van der Waals surface area contributed by atoms with Crippen LogP contribution >= 0.6 is 24.0 Å². The zero-order valence-corrected chi connectivity index (χ0v) is 19.1. The van der Waals surface area contributed by atoms with Crippen LogP contribution in [0.4, 0.5) is 13.2 Å². The van der Waals surface area contributed by atoms with E-state index in [1.165, 1.54) is 18.5 Å². The van der Waals surface area contributed by atoms with Gasteiger partial charge in [0, 0.05) is 31.1 Å². The van der Waals surface area contributed by atoms with E-state index in [1.807, 2.05) is 13.8 Å². The van der Waals surface area contributed by atoms with Crippen LogP contribution in [-0.2, 0) is 16.4 Å². The minimum atomic E-state index is -4.41. The van der Waals surface area contributed by atoms with Gasteiger partial charge < -0.3 is 15.4 Å². The van der Waals surface area contributed by atoms with Crippen molar-refractivity contribution < 1.29 is 26.3 Å². The maximum Gasteiger partial charge on any atom is 0.422 e. The Labute approximate surface area is 180 Å². The lowest BCUT2D eigenvalue weighted by Gasteiger charge is -2.17. The van der Waals surface area contributed by atoms with Gasteiger partial charge in [0.25, 0.3) is 0 Å². The number of aromatic nitrogens is 1. The Balaban J connectivity index is 0.00000729. The van der Waals surface area contributed by atoms with Gasteiger partial charge in [-0.3, -0.25) is 0 Å². The predicted octanol–water partition coefficient (Wildman–Crippen LogP) is 2.52. The number of sulfone groups is 1. The zero-order chi connectivity index (χ0) is 20.5. The average molecular weight is 538 g/mol. The Kier molecular flexibility index (Phi) is 11.7. The molecule has 0 saturated heterocycles. The SMILES string of the molecule is CCNC(=NCc1ccc(OCC(F)(F)F)nc1)NC(C)CCS(C)(=O)=O.I. The fourth-order valence-corrected chi connectivity index (χ4v) is 2.71. The highest BCUT2D eigenvalue weighted by atomic mass is 127. The summed E-state index contributed by atoms with van der Waals surface area (Å²) in [6.07, 6.45) is -1.39. The number of nitrogens with one attached hydrogen (secondary N) is 2. The second kappa shape index (κ2) is 12.3. The molecule has 0 aliphatic rings. The van der Waals surface area contributed by atoms with Crippen LogP contribution < -0.4 is 15.4 Å². The van der Waals surface area contributed by atoms with E-state index in [9.17, 15) is 21.6 Å². The average Bonchev–Trinajstić information content (AvgIpc) is 2.56. The predicted molar refractivity (Wildman–Crippen MR) is 113 cm³/mol. The summed E-state index contributed by atoms with van der Waals surface area (Å²) < 4.78 is 63.3. The van der Waals surface area contributed by atoms with Crippen molar-refractivity contribution >= 4 is 39.8 Å². The Hall–Kier alpha value is -1.31. The third-order valence-corrected chi connectivity index (χ3v) is 4.23. The smallest absolute Gasteiger partial charge is 0.422 e. The monoisotopic (exact) mass is 538 g/mol. The lowest BCUT2D eigenvalue weighted by Crippen LogP contribution is -2.42. The molecular formula is C16H26F3IN4O3S. The molecule has 0 aliphatic heterocycles. The number of aliphatic imine (C=N–C) groups is 1. The molecule has 1 aromatic rings. The fraction of sp³-hybridized carbons (Fsp3) is 0.625. The number of pyridine rings is 1. The van der Waals surface area contributed by atoms with Crippen LogP contribution in [0.15, 0.2) is 23.3 Å². The van der Waals surface area contributed by atoms with Gasteiger partial charge in [0.2, 0.25) is 5.88 Å². The highest BCUT2D eigenvalue weighted by Crippen LogP contribution is 2.17. The summed E-state index contributed by atoms with van der Waals surface area (Å²) in [4.78, 5) is 8.19. The molecule has 12 heteroatoms. The third kappa shape index (κ3) is 13.0. The summed E-state index contributed by atoms with van der Waals surface area (Å²) in [5.41, 5.74) is 0.690. The van der Waals surface area contributed by atoms with E-state index >= 15 is 0 Å². The summed E-state index contributed by atoms with van der Waals surface area (Å²) >= 11 is 0. The maximum atomic E-state index is 12.1. The van der Waals surface area contributed by atoms with E-state index in [4.69, 9.17) is 0 Å². The Morgan fingerprint density at radius 3 is 2.54 bits per heavy atom. The van der Waals surface area contributed by atoms with Crippen LogP contribution in [0.2, 0.25) is 0 Å². The summed E-state index contributed by atoms with van der Waals surface area (Å²) in [5, 5.41) is 6.16. The molecule has 0 aromatic carbocycles. The fourth-order valence-electron chi connectivity index (χ4n) is 1.93. The molecule has 1 atom stereocenters. The van der Waals surface area contributed by atoms with Crippen molar-refractivity contribution in [1.29, 1.82) is 0 Å². The molecule has 28 heavy (non-hydrogen) atoms. The summed E-state index contributed by atoms with van der Waals surface area (Å²) in [6, 6.07) is 2.83. The van der Waals surface area contributed by atoms with Crippen molar-refractivity contribution in [3.05, 3.63) is 23.9 Å². The van der Waals surface area contributed by atoms with Crippen molar-refractivity contribution in [2.75, 3.05) is 25.2 Å². The van der Waals surface area contributed by atoms with Gasteiger partial charge in [0.1, 0.15) is 9.84 Å². The van der Waals surface area contributed by atoms with Gasteiger partial charge in [-0.15, -0.1) is 24.0 Å². The van der Waals surface area contributed by atoms with E-state index in [1.54, 1.807) is 6.07 Å². The lowest BCUT2D eigenvalue weighted by atomic mass is 10.2. The summed E-state index contributed by atoms with van der Waals surface area (Å²) in [7, 11) is -3.03. The topological polar surface area (TPSA) is 92.7 Å². The van der Waals surface area contributed by atoms with Crippen molar-refractivity contribution in [1.82, 2.24) is 15.6 Å². The number of hydrogen-bond donors (Lipinski definition) is 2. The molecule has 0 fully saturated rings. The second-order valence-electron chi connectivity index (χ2n) is 6.07. The molecule has 0 saturated carbocycles. The summed E-state index contributed by atoms with van der Waals surface area (Å²) in [6.45, 7) is 3.23. The van der Waals surface area contributed by atoms with Crippen molar-refractivity contribution in [3.8, 4) is 5.88 Å². The molecule has 0 bridgehead atoms. The number of nitrogens with zero attached hydrogens (tertiary/aromatic N) is 2. The third-order valence-electron chi connectivity index (χ3n) is 3.25. The number of rotatable bonds is 9. The molecule has 0 spiro atoms. The first kappa shape index (κ1) is 26.7. The Bertz CT molecular complexity index is 713. The number of hydrogen-bond acceptors (Lipinski definition) is 5. The molecular weight excluding hydrogens is 512 g/mol. The van der Waals surface area contributed by atoms with Gasteiger partial charge in [-0.25, -0.2) is 18.4 Å². The number of ether oxygens (including phenoxy) is 1. The van der Waals surface area contributed by atoms with Crippen molar-refractivity contribution in [2.24, 2.45) is 4.99 Å². The summed E-state index contributed by atoms with van der Waals surface area (Å²) in [5.74, 6) is 0.472. The van der Waals surface area contributed by atoms with Crippen molar-refractivity contribution in [2.45, 2.75) is 39.0 Å². The van der Waals surface area contributed by atoms with Gasteiger partial charge >= 0.3 is 6.18 Å². The lowest BCUT2D eigenvalue weighted by molar-refractivity contribution is -0.154. The first-order valence-corrected chi connectivity index (χ1v) is 10.4. The van der Waals surface area contributed by atoms with E-state index in [0.717, 1.165) is 0 Å². The highest BCUT2D eigenvalue weighted by molar-refractivity contribution is 14.0. The molecule has 1 rings (SSSR count). The normalized spacial score (nSPS) is 13.4. The van der Waals surface area contributed by atoms with E-state index < -0.39 is 22.6 Å². The molecule has 0 radical (unpaired) electrons. The first-order valence-electron chi connectivity index (χ1n) is 8.35. The minimum Gasteiger partial charge on any atom is -0.468 e. The van der Waals surface area contributed by atoms with Crippen LogP contribution in [-0.4, -0.2) is 56.7 Å². The Morgan fingerprint density at radius 2 is 2.04 bits per heavy atom. The molecule has 0 aliphatic carbocycles. The van der Waals surface area contributed by atoms with Crippen LogP contribution in [0.1, 0.15) is 25.8 Å².